The number of nitro benzene ring substituents is 1. The van der Waals surface area contributed by atoms with Crippen LogP contribution in [-0.4, -0.2) is 34.3 Å². The number of benzene rings is 1. The zero-order chi connectivity index (χ0) is 16.5. The molecule has 1 fully saturated rings. The smallest absolute Gasteiger partial charge is 0.269 e. The summed E-state index contributed by atoms with van der Waals surface area (Å²) in [6.07, 6.45) is 3.18. The summed E-state index contributed by atoms with van der Waals surface area (Å²) in [7, 11) is 0. The molecular formula is C17H21N5O2. The van der Waals surface area contributed by atoms with Crippen LogP contribution in [0.2, 0.25) is 0 Å². The third kappa shape index (κ3) is 2.70. The largest absolute Gasteiger partial charge is 0.317 e. The molecule has 2 N–H and O–H groups in total. The first-order valence-corrected chi connectivity index (χ1v) is 8.50. The molecule has 3 heterocycles. The highest BCUT2D eigenvalue weighted by Crippen LogP contribution is 2.32. The SMILES string of the molecule is O=[N+]([O-])c1ccc(-c2nn(C3CCNCC3)c3c2CNCC3)cc1. The second kappa shape index (κ2) is 6.33. The maximum Gasteiger partial charge on any atom is 0.269 e. The van der Waals surface area contributed by atoms with Gasteiger partial charge in [-0.05, 0) is 38.1 Å². The minimum absolute atomic E-state index is 0.114. The molecule has 1 aromatic carbocycles. The Morgan fingerprint density at radius 3 is 2.58 bits per heavy atom. The fraction of sp³-hybridized carbons (Fsp3) is 0.471. The third-order valence-corrected chi connectivity index (χ3v) is 4.96. The molecule has 2 aliphatic rings. The normalized spacial score (nSPS) is 18.3. The average Bonchev–Trinajstić information content (AvgIpc) is 3.02. The maximum absolute atomic E-state index is 10.9. The fourth-order valence-corrected chi connectivity index (χ4v) is 3.70. The van der Waals surface area contributed by atoms with Crippen molar-refractivity contribution in [2.24, 2.45) is 0 Å². The zero-order valence-electron chi connectivity index (χ0n) is 13.5. The summed E-state index contributed by atoms with van der Waals surface area (Å²) < 4.78 is 2.23. The van der Waals surface area contributed by atoms with E-state index in [0.717, 1.165) is 56.7 Å². The van der Waals surface area contributed by atoms with E-state index in [0.29, 0.717) is 6.04 Å². The molecule has 7 nitrogen and oxygen atoms in total. The molecule has 24 heavy (non-hydrogen) atoms. The van der Waals surface area contributed by atoms with E-state index in [1.807, 2.05) is 12.1 Å². The maximum atomic E-state index is 10.9. The van der Waals surface area contributed by atoms with Crippen molar-refractivity contribution < 1.29 is 4.92 Å². The molecule has 126 valence electrons. The van der Waals surface area contributed by atoms with E-state index in [1.54, 1.807) is 12.1 Å². The first-order valence-electron chi connectivity index (χ1n) is 8.50. The predicted octanol–water partition coefficient (Wildman–Crippen LogP) is 2.03. The van der Waals surface area contributed by atoms with E-state index in [9.17, 15) is 10.1 Å². The van der Waals surface area contributed by atoms with Crippen LogP contribution in [-0.2, 0) is 13.0 Å². The number of nitro groups is 1. The summed E-state index contributed by atoms with van der Waals surface area (Å²) in [6.45, 7) is 3.85. The van der Waals surface area contributed by atoms with Gasteiger partial charge in [0, 0.05) is 48.5 Å². The van der Waals surface area contributed by atoms with Crippen molar-refractivity contribution in [2.75, 3.05) is 19.6 Å². The van der Waals surface area contributed by atoms with Gasteiger partial charge in [0.15, 0.2) is 0 Å². The van der Waals surface area contributed by atoms with Crippen LogP contribution < -0.4 is 10.6 Å². The minimum atomic E-state index is -0.367. The molecule has 7 heteroatoms. The Kier molecular flexibility index (Phi) is 4.03. The van der Waals surface area contributed by atoms with Crippen LogP contribution in [0, 0.1) is 10.1 Å². The number of rotatable bonds is 3. The van der Waals surface area contributed by atoms with Crippen molar-refractivity contribution in [1.29, 1.82) is 0 Å². The lowest BCUT2D eigenvalue weighted by Gasteiger charge is -2.26. The van der Waals surface area contributed by atoms with Gasteiger partial charge in [0.25, 0.3) is 5.69 Å². The summed E-state index contributed by atoms with van der Waals surface area (Å²) in [6, 6.07) is 7.18. The highest BCUT2D eigenvalue weighted by atomic mass is 16.6. The first-order chi connectivity index (χ1) is 11.7. The fourth-order valence-electron chi connectivity index (χ4n) is 3.70. The Morgan fingerprint density at radius 1 is 1.12 bits per heavy atom. The lowest BCUT2D eigenvalue weighted by Crippen LogP contribution is -2.32. The van der Waals surface area contributed by atoms with Crippen LogP contribution in [0.1, 0.15) is 30.1 Å². The van der Waals surface area contributed by atoms with Gasteiger partial charge in [0.1, 0.15) is 0 Å². The molecule has 0 atom stereocenters. The number of nitrogens with zero attached hydrogens (tertiary/aromatic N) is 3. The number of nitrogens with one attached hydrogen (secondary N) is 2. The van der Waals surface area contributed by atoms with Gasteiger partial charge in [-0.1, -0.05) is 0 Å². The molecule has 0 spiro atoms. The number of hydrogen-bond acceptors (Lipinski definition) is 5. The van der Waals surface area contributed by atoms with Gasteiger partial charge in [-0.3, -0.25) is 14.8 Å². The van der Waals surface area contributed by atoms with Crippen LogP contribution in [0.15, 0.2) is 24.3 Å². The molecule has 1 aromatic heterocycles. The number of aromatic nitrogens is 2. The van der Waals surface area contributed by atoms with Gasteiger partial charge in [-0.2, -0.15) is 5.10 Å². The van der Waals surface area contributed by atoms with Crippen LogP contribution in [0.25, 0.3) is 11.3 Å². The molecule has 0 aliphatic carbocycles. The Hall–Kier alpha value is -2.25. The van der Waals surface area contributed by atoms with Crippen molar-refractivity contribution in [3.05, 3.63) is 45.6 Å². The summed E-state index contributed by atoms with van der Waals surface area (Å²) in [4.78, 5) is 10.5. The Morgan fingerprint density at radius 2 is 1.88 bits per heavy atom. The number of fused-ring (bicyclic) bond motifs is 1. The van der Waals surface area contributed by atoms with Crippen molar-refractivity contribution in [3.63, 3.8) is 0 Å². The van der Waals surface area contributed by atoms with Crippen LogP contribution in [0.5, 0.6) is 0 Å². The molecule has 2 aliphatic heterocycles. The van der Waals surface area contributed by atoms with Crippen LogP contribution in [0.3, 0.4) is 0 Å². The van der Waals surface area contributed by atoms with Crippen molar-refractivity contribution >= 4 is 5.69 Å². The van der Waals surface area contributed by atoms with Crippen molar-refractivity contribution in [2.45, 2.75) is 31.8 Å². The van der Waals surface area contributed by atoms with Gasteiger partial charge in [-0.25, -0.2) is 0 Å². The average molecular weight is 327 g/mol. The minimum Gasteiger partial charge on any atom is -0.317 e. The molecule has 1 saturated heterocycles. The highest BCUT2D eigenvalue weighted by molar-refractivity contribution is 5.66. The lowest BCUT2D eigenvalue weighted by molar-refractivity contribution is -0.384. The highest BCUT2D eigenvalue weighted by Gasteiger charge is 2.26. The van der Waals surface area contributed by atoms with Crippen LogP contribution in [0.4, 0.5) is 5.69 Å². The van der Waals surface area contributed by atoms with E-state index in [4.69, 9.17) is 5.10 Å². The van der Waals surface area contributed by atoms with Gasteiger partial charge < -0.3 is 10.6 Å². The number of piperidine rings is 1. The van der Waals surface area contributed by atoms with Crippen molar-refractivity contribution in [1.82, 2.24) is 20.4 Å². The molecule has 0 saturated carbocycles. The Balaban J connectivity index is 1.74. The molecule has 2 aromatic rings. The summed E-state index contributed by atoms with van der Waals surface area (Å²) in [5, 5.41) is 22.6. The second-order valence-electron chi connectivity index (χ2n) is 6.43. The number of hydrogen-bond donors (Lipinski definition) is 2. The van der Waals surface area contributed by atoms with E-state index >= 15 is 0 Å². The van der Waals surface area contributed by atoms with Crippen LogP contribution >= 0.6 is 0 Å². The van der Waals surface area contributed by atoms with E-state index < -0.39 is 0 Å². The van der Waals surface area contributed by atoms with Gasteiger partial charge in [-0.15, -0.1) is 0 Å². The molecule has 0 amide bonds. The molecule has 0 bridgehead atoms. The monoisotopic (exact) mass is 327 g/mol. The standard InChI is InChI=1S/C17H21N5O2/c23-22(24)14-3-1-12(2-4-14)17-15-11-19-10-7-16(15)21(20-17)13-5-8-18-9-6-13/h1-4,13,18-19H,5-11H2. The third-order valence-electron chi connectivity index (χ3n) is 4.96. The summed E-state index contributed by atoms with van der Waals surface area (Å²) in [5.74, 6) is 0. The van der Waals surface area contributed by atoms with Crippen molar-refractivity contribution in [3.8, 4) is 11.3 Å². The Labute approximate surface area is 140 Å². The molecule has 4 rings (SSSR count). The summed E-state index contributed by atoms with van der Waals surface area (Å²) in [5.41, 5.74) is 4.60. The molecule has 0 unspecified atom stereocenters. The zero-order valence-corrected chi connectivity index (χ0v) is 13.5. The first kappa shape index (κ1) is 15.3. The quantitative estimate of drug-likeness (QED) is 0.665. The molecule has 0 radical (unpaired) electrons. The summed E-state index contributed by atoms with van der Waals surface area (Å²) >= 11 is 0. The van der Waals surface area contributed by atoms with E-state index in [1.165, 1.54) is 11.3 Å². The number of non-ortho nitro benzene ring substituents is 1. The molecular weight excluding hydrogens is 306 g/mol. The van der Waals surface area contributed by atoms with Gasteiger partial charge in [0.2, 0.25) is 0 Å². The Bertz CT molecular complexity index is 747. The lowest BCUT2D eigenvalue weighted by atomic mass is 10.0. The van der Waals surface area contributed by atoms with Gasteiger partial charge >= 0.3 is 0 Å². The topological polar surface area (TPSA) is 85.0 Å². The predicted molar refractivity (Wildman–Crippen MR) is 90.9 cm³/mol. The van der Waals surface area contributed by atoms with Gasteiger partial charge in [0.05, 0.1) is 16.7 Å². The second-order valence-corrected chi connectivity index (χ2v) is 6.43. The van der Waals surface area contributed by atoms with E-state index in [-0.39, 0.29) is 10.6 Å². The van der Waals surface area contributed by atoms with E-state index in [2.05, 4.69) is 15.3 Å².